The molecule has 0 aromatic heterocycles. The van der Waals surface area contributed by atoms with E-state index in [1.807, 2.05) is 0 Å². The lowest BCUT2D eigenvalue weighted by atomic mass is 10.0. The normalized spacial score (nSPS) is 14.0. The van der Waals surface area contributed by atoms with E-state index in [2.05, 4.69) is 55.4 Å². The third kappa shape index (κ3) is 78.0. The van der Waals surface area contributed by atoms with E-state index in [4.69, 9.17) is 37.0 Å². The van der Waals surface area contributed by atoms with Gasteiger partial charge < -0.3 is 33.8 Å². The van der Waals surface area contributed by atoms with Gasteiger partial charge in [-0.05, 0) is 49.4 Å². The zero-order chi connectivity index (χ0) is 76.0. The molecule has 0 spiro atoms. The maximum absolute atomic E-state index is 13.1. The number of ether oxygens (including phenoxy) is 4. The van der Waals surface area contributed by atoms with Crippen LogP contribution in [-0.4, -0.2) is 96.7 Å². The molecule has 19 heteroatoms. The van der Waals surface area contributed by atoms with E-state index in [1.54, 1.807) is 0 Å². The van der Waals surface area contributed by atoms with Crippen LogP contribution in [0.15, 0.2) is 0 Å². The Morgan fingerprint density at radius 2 is 0.408 bits per heavy atom. The van der Waals surface area contributed by atoms with Crippen molar-refractivity contribution in [1.82, 2.24) is 0 Å². The van der Waals surface area contributed by atoms with Gasteiger partial charge in [0.2, 0.25) is 0 Å². The molecular formula is C84H164O17P2. The molecule has 0 aromatic rings. The first-order valence-electron chi connectivity index (χ1n) is 43.2. The molecule has 0 saturated carbocycles. The van der Waals surface area contributed by atoms with Crippen LogP contribution in [0.4, 0.5) is 0 Å². The van der Waals surface area contributed by atoms with Crippen molar-refractivity contribution in [2.24, 2.45) is 23.7 Å². The molecule has 17 nitrogen and oxygen atoms in total. The number of aliphatic hydroxyl groups is 1. The fourth-order valence-electron chi connectivity index (χ4n) is 13.0. The Balaban J connectivity index is 5.19. The number of carbonyl (C=O) groups excluding carboxylic acids is 4. The molecule has 0 saturated heterocycles. The summed E-state index contributed by atoms with van der Waals surface area (Å²) in [5.74, 6) is 0.951. The van der Waals surface area contributed by atoms with Crippen LogP contribution in [-0.2, 0) is 65.4 Å². The van der Waals surface area contributed by atoms with Crippen molar-refractivity contribution in [2.45, 2.75) is 453 Å². The Labute approximate surface area is 632 Å². The van der Waals surface area contributed by atoms with Gasteiger partial charge in [-0.15, -0.1) is 0 Å². The summed E-state index contributed by atoms with van der Waals surface area (Å²) in [7, 11) is -9.92. The van der Waals surface area contributed by atoms with Crippen LogP contribution in [0.3, 0.4) is 0 Å². The third-order valence-corrected chi connectivity index (χ3v) is 21.5. The molecule has 0 amide bonds. The van der Waals surface area contributed by atoms with E-state index in [1.165, 1.54) is 238 Å². The van der Waals surface area contributed by atoms with Crippen LogP contribution >= 0.6 is 15.6 Å². The zero-order valence-corrected chi connectivity index (χ0v) is 69.7. The summed E-state index contributed by atoms with van der Waals surface area (Å²) in [6, 6.07) is 0. The molecule has 3 N–H and O–H groups in total. The van der Waals surface area contributed by atoms with Crippen molar-refractivity contribution < 1.29 is 80.2 Å². The molecule has 0 heterocycles. The monoisotopic (exact) mass is 1510 g/mol. The molecule has 0 radical (unpaired) electrons. The minimum atomic E-state index is -4.97. The van der Waals surface area contributed by atoms with Gasteiger partial charge in [-0.2, -0.15) is 0 Å². The second kappa shape index (κ2) is 72.9. The average Bonchev–Trinajstić information content (AvgIpc) is 0.909. The Kier molecular flexibility index (Phi) is 71.5. The zero-order valence-electron chi connectivity index (χ0n) is 68.0. The SMILES string of the molecule is CC(C)CCCCCCCCCCCCCCCCCCCCC(=O)OC[C@H](COP(=O)(O)OCC(O)COP(=O)(O)OC[C@@H](COC(=O)CCCCCCCCCCC(C)C)OC(=O)CCCCCCCCCC(C)C)OC(=O)CCCCCCCCCCCCCCCCCCCCC(C)C. The Morgan fingerprint density at radius 1 is 0.243 bits per heavy atom. The van der Waals surface area contributed by atoms with Crippen molar-refractivity contribution in [1.29, 1.82) is 0 Å². The van der Waals surface area contributed by atoms with Crippen LogP contribution in [0.25, 0.3) is 0 Å². The molecule has 0 rings (SSSR count). The molecule has 0 bridgehead atoms. The van der Waals surface area contributed by atoms with E-state index in [9.17, 15) is 43.2 Å². The van der Waals surface area contributed by atoms with E-state index in [0.29, 0.717) is 31.6 Å². The van der Waals surface area contributed by atoms with E-state index < -0.39 is 97.5 Å². The number of phosphoric acid groups is 2. The summed E-state index contributed by atoms with van der Waals surface area (Å²) in [5.41, 5.74) is 0. The summed E-state index contributed by atoms with van der Waals surface area (Å²) >= 11 is 0. The molecule has 0 aromatic carbocycles. The highest BCUT2D eigenvalue weighted by molar-refractivity contribution is 7.47. The van der Waals surface area contributed by atoms with Gasteiger partial charge in [-0.25, -0.2) is 9.13 Å². The lowest BCUT2D eigenvalue weighted by Crippen LogP contribution is -2.30. The van der Waals surface area contributed by atoms with Crippen LogP contribution in [0, 0.1) is 23.7 Å². The summed E-state index contributed by atoms with van der Waals surface area (Å²) < 4.78 is 68.7. The lowest BCUT2D eigenvalue weighted by molar-refractivity contribution is -0.161. The molecule has 612 valence electrons. The van der Waals surface area contributed by atoms with Gasteiger partial charge in [-0.3, -0.25) is 37.3 Å². The van der Waals surface area contributed by atoms with Gasteiger partial charge in [0.1, 0.15) is 19.3 Å². The number of rotatable bonds is 81. The summed E-state index contributed by atoms with van der Waals surface area (Å²) in [5, 5.41) is 10.6. The third-order valence-electron chi connectivity index (χ3n) is 19.6. The van der Waals surface area contributed by atoms with Gasteiger partial charge in [0, 0.05) is 25.7 Å². The number of phosphoric ester groups is 2. The van der Waals surface area contributed by atoms with Gasteiger partial charge >= 0.3 is 39.5 Å². The van der Waals surface area contributed by atoms with Crippen molar-refractivity contribution in [3.8, 4) is 0 Å². The van der Waals surface area contributed by atoms with E-state index in [0.717, 1.165) is 108 Å². The first-order valence-corrected chi connectivity index (χ1v) is 46.2. The van der Waals surface area contributed by atoms with Crippen molar-refractivity contribution in [3.05, 3.63) is 0 Å². The molecule has 5 atom stereocenters. The quantitative estimate of drug-likeness (QED) is 0.0222. The van der Waals surface area contributed by atoms with Crippen molar-refractivity contribution in [2.75, 3.05) is 39.6 Å². The lowest BCUT2D eigenvalue weighted by Gasteiger charge is -2.21. The maximum atomic E-state index is 13.1. The fourth-order valence-corrected chi connectivity index (χ4v) is 14.5. The predicted octanol–water partition coefficient (Wildman–Crippen LogP) is 25.2. The van der Waals surface area contributed by atoms with Crippen molar-refractivity contribution in [3.63, 3.8) is 0 Å². The van der Waals surface area contributed by atoms with Gasteiger partial charge in [0.05, 0.1) is 26.4 Å². The molecular weight excluding hydrogens is 1340 g/mol. The Morgan fingerprint density at radius 3 is 0.602 bits per heavy atom. The minimum Gasteiger partial charge on any atom is -0.462 e. The van der Waals surface area contributed by atoms with Crippen LogP contribution in [0.1, 0.15) is 434 Å². The molecule has 0 aliphatic heterocycles. The summed E-state index contributed by atoms with van der Waals surface area (Å²) in [6.45, 7) is 14.2. The maximum Gasteiger partial charge on any atom is 0.472 e. The van der Waals surface area contributed by atoms with E-state index in [-0.39, 0.29) is 25.7 Å². The number of esters is 4. The second-order valence-corrected chi connectivity index (χ2v) is 35.0. The molecule has 0 aliphatic carbocycles. The van der Waals surface area contributed by atoms with Gasteiger partial charge in [-0.1, -0.05) is 383 Å². The molecule has 0 aliphatic rings. The van der Waals surface area contributed by atoms with Gasteiger partial charge in [0.25, 0.3) is 0 Å². The standard InChI is InChI=1S/C84H164O17P2/c1-74(2)60-52-44-36-29-25-21-17-13-9-11-15-19-23-27-31-40-48-56-64-81(86)94-70-79(100-83(88)66-58-50-42-32-28-24-20-16-12-10-14-18-22-26-30-37-45-53-61-75(3)4)72-98-102(90,91)96-68-78(85)69-97-103(92,93)99-73-80(101-84(89)67-59-51-43-35-39-47-55-63-77(7)8)71-95-82(87)65-57-49-41-34-33-38-46-54-62-76(5)6/h74-80,85H,9-73H2,1-8H3,(H,90,91)(H,92,93)/t78?,79-,80-/m1/s1. The van der Waals surface area contributed by atoms with Crippen molar-refractivity contribution >= 4 is 39.5 Å². The fraction of sp³-hybridized carbons (Fsp3) is 0.952. The van der Waals surface area contributed by atoms with Gasteiger partial charge in [0.15, 0.2) is 12.2 Å². The first kappa shape index (κ1) is 101. The van der Waals surface area contributed by atoms with Crippen LogP contribution < -0.4 is 0 Å². The number of hydrogen-bond acceptors (Lipinski definition) is 15. The number of hydrogen-bond donors (Lipinski definition) is 3. The first-order chi connectivity index (χ1) is 49.6. The smallest absolute Gasteiger partial charge is 0.462 e. The summed E-state index contributed by atoms with van der Waals surface area (Å²) in [4.78, 5) is 73.0. The topological polar surface area (TPSA) is 237 Å². The van der Waals surface area contributed by atoms with Crippen LogP contribution in [0.2, 0.25) is 0 Å². The highest BCUT2D eigenvalue weighted by atomic mass is 31.2. The predicted molar refractivity (Wildman–Crippen MR) is 423 cm³/mol. The van der Waals surface area contributed by atoms with Crippen LogP contribution in [0.5, 0.6) is 0 Å². The number of unbranched alkanes of at least 4 members (excludes halogenated alkanes) is 47. The Hall–Kier alpha value is -1.94. The Bertz CT molecular complexity index is 2010. The number of carbonyl (C=O) groups is 4. The highest BCUT2D eigenvalue weighted by Gasteiger charge is 2.30. The van der Waals surface area contributed by atoms with E-state index >= 15 is 0 Å². The average molecular weight is 1510 g/mol. The number of aliphatic hydroxyl groups excluding tert-OH is 1. The highest BCUT2D eigenvalue weighted by Crippen LogP contribution is 2.45. The molecule has 103 heavy (non-hydrogen) atoms. The molecule has 3 unspecified atom stereocenters. The molecule has 0 fully saturated rings. The second-order valence-electron chi connectivity index (χ2n) is 32.1. The minimum absolute atomic E-state index is 0.103. The summed E-state index contributed by atoms with van der Waals surface area (Å²) in [6.07, 6.45) is 61.4. The largest absolute Gasteiger partial charge is 0.472 e.